The van der Waals surface area contributed by atoms with E-state index in [1.807, 2.05) is 0 Å². The number of ether oxygens (including phenoxy) is 1. The third kappa shape index (κ3) is 3.94. The van der Waals surface area contributed by atoms with Gasteiger partial charge in [-0.1, -0.05) is 12.8 Å². The van der Waals surface area contributed by atoms with E-state index in [0.717, 1.165) is 25.6 Å². The monoisotopic (exact) mass is 240 g/mol. The second-order valence-corrected chi connectivity index (χ2v) is 5.77. The third-order valence-electron chi connectivity index (χ3n) is 4.45. The molecule has 0 amide bonds. The summed E-state index contributed by atoms with van der Waals surface area (Å²) in [6.07, 6.45) is 7.38. The maximum Gasteiger partial charge on any atom is 0.0702 e. The fraction of sp³-hybridized carbons (Fsp3) is 1.00. The van der Waals surface area contributed by atoms with Crippen LogP contribution in [0.3, 0.4) is 0 Å². The molecule has 2 unspecified atom stereocenters. The molecule has 1 heterocycles. The highest BCUT2D eigenvalue weighted by Crippen LogP contribution is 2.23. The van der Waals surface area contributed by atoms with Crippen molar-refractivity contribution in [3.05, 3.63) is 0 Å². The maximum atomic E-state index is 5.61. The molecule has 2 rings (SSSR count). The van der Waals surface area contributed by atoms with Crippen LogP contribution < -0.4 is 5.32 Å². The minimum absolute atomic E-state index is 0.412. The molecule has 0 spiro atoms. The number of nitrogens with one attached hydrogen (secondary N) is 1. The van der Waals surface area contributed by atoms with E-state index in [1.54, 1.807) is 0 Å². The summed E-state index contributed by atoms with van der Waals surface area (Å²) in [6, 6.07) is 0.628. The van der Waals surface area contributed by atoms with Gasteiger partial charge in [-0.15, -0.1) is 0 Å². The van der Waals surface area contributed by atoms with Gasteiger partial charge in [-0.2, -0.15) is 0 Å². The van der Waals surface area contributed by atoms with Crippen molar-refractivity contribution >= 4 is 0 Å². The van der Waals surface area contributed by atoms with Crippen molar-refractivity contribution in [2.24, 2.45) is 5.92 Å². The molecule has 1 aliphatic heterocycles. The number of rotatable bonds is 6. The van der Waals surface area contributed by atoms with Gasteiger partial charge in [0.25, 0.3) is 0 Å². The Hall–Kier alpha value is -0.120. The molecule has 2 aliphatic rings. The summed E-state index contributed by atoms with van der Waals surface area (Å²) in [5.41, 5.74) is 0. The van der Waals surface area contributed by atoms with Crippen LogP contribution in [0.1, 0.15) is 39.0 Å². The summed E-state index contributed by atoms with van der Waals surface area (Å²) in [4.78, 5) is 2.46. The van der Waals surface area contributed by atoms with Gasteiger partial charge < -0.3 is 10.1 Å². The molecule has 1 aliphatic carbocycles. The van der Waals surface area contributed by atoms with Crippen molar-refractivity contribution in [1.82, 2.24) is 10.2 Å². The molecule has 1 N–H and O–H groups in total. The first-order valence-electron chi connectivity index (χ1n) is 7.30. The summed E-state index contributed by atoms with van der Waals surface area (Å²) in [5.74, 6) is 0.953. The van der Waals surface area contributed by atoms with Gasteiger partial charge in [-0.25, -0.2) is 0 Å². The molecule has 0 bridgehead atoms. The van der Waals surface area contributed by atoms with Gasteiger partial charge in [0.2, 0.25) is 0 Å². The van der Waals surface area contributed by atoms with Gasteiger partial charge in [0.15, 0.2) is 0 Å². The largest absolute Gasteiger partial charge is 0.377 e. The zero-order valence-corrected chi connectivity index (χ0v) is 11.5. The van der Waals surface area contributed by atoms with E-state index in [-0.39, 0.29) is 0 Å². The predicted molar refractivity (Wildman–Crippen MR) is 71.3 cm³/mol. The van der Waals surface area contributed by atoms with Crippen molar-refractivity contribution < 1.29 is 4.74 Å². The highest BCUT2D eigenvalue weighted by Gasteiger charge is 2.27. The van der Waals surface area contributed by atoms with Crippen molar-refractivity contribution in [2.75, 3.05) is 33.3 Å². The van der Waals surface area contributed by atoms with Crippen LogP contribution in [0, 0.1) is 5.92 Å². The number of hydrogen-bond donors (Lipinski definition) is 1. The summed E-state index contributed by atoms with van der Waals surface area (Å²) >= 11 is 0. The molecule has 2 atom stereocenters. The Balaban J connectivity index is 1.54. The lowest BCUT2D eigenvalue weighted by Gasteiger charge is -2.26. The lowest BCUT2D eigenvalue weighted by Crippen LogP contribution is -2.41. The molecule has 0 aromatic heterocycles. The van der Waals surface area contributed by atoms with Crippen LogP contribution >= 0.6 is 0 Å². The third-order valence-corrected chi connectivity index (χ3v) is 4.45. The molecular formula is C14H28N2O. The fourth-order valence-electron chi connectivity index (χ4n) is 3.24. The van der Waals surface area contributed by atoms with Gasteiger partial charge in [-0.3, -0.25) is 4.90 Å². The quantitative estimate of drug-likeness (QED) is 0.717. The molecule has 2 fully saturated rings. The predicted octanol–water partition coefficient (Wildman–Crippen LogP) is 1.88. The van der Waals surface area contributed by atoms with Crippen LogP contribution in [-0.4, -0.2) is 50.3 Å². The van der Waals surface area contributed by atoms with Gasteiger partial charge in [0.1, 0.15) is 0 Å². The summed E-state index contributed by atoms with van der Waals surface area (Å²) in [6.45, 7) is 6.62. The van der Waals surface area contributed by atoms with E-state index in [9.17, 15) is 0 Å². The second kappa shape index (κ2) is 6.72. The molecule has 0 radical (unpaired) electrons. The smallest absolute Gasteiger partial charge is 0.0702 e. The van der Waals surface area contributed by atoms with E-state index >= 15 is 0 Å². The van der Waals surface area contributed by atoms with Crippen LogP contribution in [0.25, 0.3) is 0 Å². The van der Waals surface area contributed by atoms with Gasteiger partial charge in [0.05, 0.1) is 6.10 Å². The lowest BCUT2D eigenvalue weighted by molar-refractivity contribution is 0.0839. The molecular weight excluding hydrogens is 212 g/mol. The Kier molecular flexibility index (Phi) is 5.26. The van der Waals surface area contributed by atoms with Crippen molar-refractivity contribution in [3.8, 4) is 0 Å². The number of nitrogens with zero attached hydrogens (tertiary/aromatic N) is 1. The molecule has 3 nitrogen and oxygen atoms in total. The van der Waals surface area contributed by atoms with Gasteiger partial charge >= 0.3 is 0 Å². The van der Waals surface area contributed by atoms with E-state index in [4.69, 9.17) is 4.74 Å². The van der Waals surface area contributed by atoms with E-state index in [0.29, 0.717) is 12.1 Å². The Bertz CT molecular complexity index is 216. The van der Waals surface area contributed by atoms with Gasteiger partial charge in [-0.05, 0) is 45.7 Å². The molecule has 1 saturated heterocycles. The molecule has 100 valence electrons. The summed E-state index contributed by atoms with van der Waals surface area (Å²) < 4.78 is 5.61. The molecule has 3 heteroatoms. The first kappa shape index (κ1) is 13.3. The van der Waals surface area contributed by atoms with Crippen LogP contribution in [0.2, 0.25) is 0 Å². The zero-order chi connectivity index (χ0) is 12.1. The van der Waals surface area contributed by atoms with E-state index in [2.05, 4.69) is 24.2 Å². The average molecular weight is 240 g/mol. The molecule has 17 heavy (non-hydrogen) atoms. The summed E-state index contributed by atoms with van der Waals surface area (Å²) in [7, 11) is 2.23. The average Bonchev–Trinajstić information content (AvgIpc) is 2.95. The van der Waals surface area contributed by atoms with Crippen LogP contribution in [0.5, 0.6) is 0 Å². The highest BCUT2D eigenvalue weighted by molar-refractivity contribution is 4.80. The SMILES string of the molecule is CC1OCCC1N(C)CCNCC1CCCC1. The van der Waals surface area contributed by atoms with E-state index < -0.39 is 0 Å². The van der Waals surface area contributed by atoms with Crippen LogP contribution in [0.15, 0.2) is 0 Å². The van der Waals surface area contributed by atoms with Crippen LogP contribution in [-0.2, 0) is 4.74 Å². The first-order valence-corrected chi connectivity index (χ1v) is 7.30. The van der Waals surface area contributed by atoms with Crippen molar-refractivity contribution in [3.63, 3.8) is 0 Å². The minimum Gasteiger partial charge on any atom is -0.377 e. The number of likely N-dealkylation sites (N-methyl/N-ethyl adjacent to an activating group) is 1. The van der Waals surface area contributed by atoms with Crippen molar-refractivity contribution in [2.45, 2.75) is 51.2 Å². The normalized spacial score (nSPS) is 30.5. The topological polar surface area (TPSA) is 24.5 Å². The standard InChI is InChI=1S/C14H28N2O/c1-12-14(7-10-17-12)16(2)9-8-15-11-13-5-3-4-6-13/h12-15H,3-11H2,1-2H3. The second-order valence-electron chi connectivity index (χ2n) is 5.77. The Morgan fingerprint density at radius 1 is 1.24 bits per heavy atom. The zero-order valence-electron chi connectivity index (χ0n) is 11.5. The molecule has 0 aromatic carbocycles. The minimum atomic E-state index is 0.412. The summed E-state index contributed by atoms with van der Waals surface area (Å²) in [5, 5.41) is 3.61. The van der Waals surface area contributed by atoms with E-state index in [1.165, 1.54) is 38.6 Å². The highest BCUT2D eigenvalue weighted by atomic mass is 16.5. The Labute approximate surface area is 106 Å². The lowest BCUT2D eigenvalue weighted by atomic mass is 10.1. The van der Waals surface area contributed by atoms with Crippen LogP contribution in [0.4, 0.5) is 0 Å². The fourth-order valence-corrected chi connectivity index (χ4v) is 3.24. The molecule has 0 aromatic rings. The Morgan fingerprint density at radius 2 is 2.00 bits per heavy atom. The first-order chi connectivity index (χ1) is 8.27. The maximum absolute atomic E-state index is 5.61. The Morgan fingerprint density at radius 3 is 2.65 bits per heavy atom. The molecule has 1 saturated carbocycles. The number of hydrogen-bond acceptors (Lipinski definition) is 3. The van der Waals surface area contributed by atoms with Gasteiger partial charge in [0, 0.05) is 25.7 Å². The van der Waals surface area contributed by atoms with Crippen molar-refractivity contribution in [1.29, 1.82) is 0 Å².